The van der Waals surface area contributed by atoms with E-state index in [-0.39, 0.29) is 17.5 Å². The smallest absolute Gasteiger partial charge is 0.264 e. The molecule has 8 heteroatoms. The zero-order chi connectivity index (χ0) is 27.3. The van der Waals surface area contributed by atoms with Gasteiger partial charge in [-0.05, 0) is 86.7 Å². The van der Waals surface area contributed by atoms with Crippen molar-refractivity contribution in [3.8, 4) is 5.75 Å². The van der Waals surface area contributed by atoms with Crippen molar-refractivity contribution in [3.63, 3.8) is 0 Å². The molecule has 1 unspecified atom stereocenters. The Morgan fingerprint density at radius 2 is 1.61 bits per heavy atom. The van der Waals surface area contributed by atoms with Gasteiger partial charge in [0.05, 0.1) is 23.7 Å². The van der Waals surface area contributed by atoms with Crippen molar-refractivity contribution < 1.29 is 17.9 Å². The van der Waals surface area contributed by atoms with Crippen molar-refractivity contribution >= 4 is 27.3 Å². The van der Waals surface area contributed by atoms with Crippen LogP contribution in [0.1, 0.15) is 43.9 Å². The lowest BCUT2D eigenvalue weighted by atomic mass is 9.98. The second-order valence-corrected chi connectivity index (χ2v) is 11.9. The number of hydrogen-bond acceptors (Lipinski definition) is 5. The minimum Gasteiger partial charge on any atom is -0.497 e. The molecule has 7 nitrogen and oxygen atoms in total. The van der Waals surface area contributed by atoms with E-state index in [0.29, 0.717) is 11.4 Å². The molecule has 3 aromatic carbocycles. The maximum absolute atomic E-state index is 13.6. The van der Waals surface area contributed by atoms with Crippen LogP contribution in [0.3, 0.4) is 0 Å². The number of carbonyl (C=O) groups excluding carboxylic acids is 1. The van der Waals surface area contributed by atoms with Gasteiger partial charge in [-0.25, -0.2) is 8.42 Å². The Balaban J connectivity index is 1.49. The number of piperidine rings is 1. The second kappa shape index (κ2) is 11.9. The standard InChI is InChI=1S/C30H37N3O4S/c1-22-5-15-29(16-6-22)38(35,36)33(27-11-13-28(37-4)14-12-27)21-30(34)31-24(3)25-7-9-26(10-8-25)32-19-17-23(2)18-20-32/h5-16,23-24H,17-21H2,1-4H3,(H,31,34). The van der Waals surface area contributed by atoms with Crippen LogP contribution >= 0.6 is 0 Å². The number of sulfonamides is 1. The second-order valence-electron chi connectivity index (χ2n) is 10.1. The fraction of sp³-hybridized carbons (Fsp3) is 0.367. The van der Waals surface area contributed by atoms with Crippen molar-refractivity contribution in [2.24, 2.45) is 5.92 Å². The highest BCUT2D eigenvalue weighted by molar-refractivity contribution is 7.92. The fourth-order valence-corrected chi connectivity index (χ4v) is 6.06. The van der Waals surface area contributed by atoms with Gasteiger partial charge in [0.1, 0.15) is 12.3 Å². The van der Waals surface area contributed by atoms with Gasteiger partial charge in [-0.1, -0.05) is 36.8 Å². The third-order valence-corrected chi connectivity index (χ3v) is 8.96. The topological polar surface area (TPSA) is 79.0 Å². The van der Waals surface area contributed by atoms with Crippen LogP contribution in [-0.2, 0) is 14.8 Å². The summed E-state index contributed by atoms with van der Waals surface area (Å²) in [7, 11) is -2.44. The molecule has 202 valence electrons. The Labute approximate surface area is 226 Å². The zero-order valence-corrected chi connectivity index (χ0v) is 23.4. The molecule has 0 aliphatic carbocycles. The summed E-state index contributed by atoms with van der Waals surface area (Å²) in [6, 6.07) is 21.2. The number of anilines is 2. The van der Waals surface area contributed by atoms with Crippen LogP contribution in [0.5, 0.6) is 5.75 Å². The van der Waals surface area contributed by atoms with Gasteiger partial charge in [-0.15, -0.1) is 0 Å². The maximum atomic E-state index is 13.6. The van der Waals surface area contributed by atoms with Gasteiger partial charge in [0.25, 0.3) is 10.0 Å². The molecule has 0 aromatic heterocycles. The average molecular weight is 536 g/mol. The van der Waals surface area contributed by atoms with Crippen molar-refractivity contribution in [1.82, 2.24) is 5.32 Å². The van der Waals surface area contributed by atoms with Crippen LogP contribution in [0, 0.1) is 12.8 Å². The lowest BCUT2D eigenvalue weighted by Gasteiger charge is -2.32. The first-order valence-electron chi connectivity index (χ1n) is 13.0. The molecule has 0 spiro atoms. The molecule has 0 saturated carbocycles. The molecule has 0 radical (unpaired) electrons. The van der Waals surface area contributed by atoms with E-state index in [9.17, 15) is 13.2 Å². The normalized spacial score (nSPS) is 15.1. The van der Waals surface area contributed by atoms with Crippen molar-refractivity contribution in [3.05, 3.63) is 83.9 Å². The Kier molecular flexibility index (Phi) is 8.62. The number of nitrogens with one attached hydrogen (secondary N) is 1. The SMILES string of the molecule is COc1ccc(N(CC(=O)NC(C)c2ccc(N3CCC(C)CC3)cc2)S(=O)(=O)c2ccc(C)cc2)cc1. The summed E-state index contributed by atoms with van der Waals surface area (Å²) in [6.45, 7) is 7.87. The number of ether oxygens (including phenoxy) is 1. The predicted molar refractivity (Wildman–Crippen MR) is 152 cm³/mol. The lowest BCUT2D eigenvalue weighted by molar-refractivity contribution is -0.120. The first-order chi connectivity index (χ1) is 18.2. The summed E-state index contributed by atoms with van der Waals surface area (Å²) in [4.78, 5) is 15.7. The number of aryl methyl sites for hydroxylation is 1. The van der Waals surface area contributed by atoms with E-state index >= 15 is 0 Å². The van der Waals surface area contributed by atoms with E-state index in [1.165, 1.54) is 18.5 Å². The van der Waals surface area contributed by atoms with Crippen LogP contribution in [0.2, 0.25) is 0 Å². The van der Waals surface area contributed by atoms with E-state index in [4.69, 9.17) is 4.74 Å². The molecule has 4 rings (SSSR count). The van der Waals surface area contributed by atoms with Crippen LogP contribution in [-0.4, -0.2) is 41.1 Å². The summed E-state index contributed by atoms with van der Waals surface area (Å²) < 4.78 is 33.6. The average Bonchev–Trinajstić information content (AvgIpc) is 2.92. The van der Waals surface area contributed by atoms with E-state index in [2.05, 4.69) is 29.3 Å². The van der Waals surface area contributed by atoms with Gasteiger partial charge in [0.15, 0.2) is 0 Å². The molecule has 1 aliphatic heterocycles. The first kappa shape index (κ1) is 27.5. The highest BCUT2D eigenvalue weighted by Gasteiger charge is 2.28. The lowest BCUT2D eigenvalue weighted by Crippen LogP contribution is -2.41. The molecular formula is C30H37N3O4S. The maximum Gasteiger partial charge on any atom is 0.264 e. The number of rotatable bonds is 9. The summed E-state index contributed by atoms with van der Waals surface area (Å²) >= 11 is 0. The highest BCUT2D eigenvalue weighted by atomic mass is 32.2. The monoisotopic (exact) mass is 535 g/mol. The van der Waals surface area contributed by atoms with E-state index in [1.807, 2.05) is 26.0 Å². The highest BCUT2D eigenvalue weighted by Crippen LogP contribution is 2.27. The summed E-state index contributed by atoms with van der Waals surface area (Å²) in [5, 5.41) is 2.97. The Bertz CT molecular complexity index is 1320. The molecule has 1 fully saturated rings. The fourth-order valence-electron chi connectivity index (χ4n) is 4.64. The van der Waals surface area contributed by atoms with Crippen molar-refractivity contribution in [1.29, 1.82) is 0 Å². The van der Waals surface area contributed by atoms with Crippen molar-refractivity contribution in [2.75, 3.05) is 35.9 Å². The Morgan fingerprint density at radius 3 is 2.18 bits per heavy atom. The van der Waals surface area contributed by atoms with E-state index in [1.54, 1.807) is 55.6 Å². The van der Waals surface area contributed by atoms with E-state index < -0.39 is 15.9 Å². The van der Waals surface area contributed by atoms with Gasteiger partial charge in [0.2, 0.25) is 5.91 Å². The zero-order valence-electron chi connectivity index (χ0n) is 22.6. The van der Waals surface area contributed by atoms with Crippen molar-refractivity contribution in [2.45, 2.75) is 44.6 Å². The molecule has 0 bridgehead atoms. The third-order valence-electron chi connectivity index (χ3n) is 7.18. The molecule has 3 aromatic rings. The van der Waals surface area contributed by atoms with Crippen LogP contribution in [0.15, 0.2) is 77.7 Å². The first-order valence-corrected chi connectivity index (χ1v) is 14.5. The number of benzene rings is 3. The molecule has 1 amide bonds. The summed E-state index contributed by atoms with van der Waals surface area (Å²) in [6.07, 6.45) is 2.40. The minimum atomic E-state index is -3.98. The van der Waals surface area contributed by atoms with Gasteiger partial charge in [-0.3, -0.25) is 9.10 Å². The molecule has 1 atom stereocenters. The number of amides is 1. The van der Waals surface area contributed by atoms with Gasteiger partial charge in [-0.2, -0.15) is 0 Å². The Hall–Kier alpha value is -3.52. The third kappa shape index (κ3) is 6.48. The summed E-state index contributed by atoms with van der Waals surface area (Å²) in [5.41, 5.74) is 3.49. The van der Waals surface area contributed by atoms with Crippen LogP contribution in [0.4, 0.5) is 11.4 Å². The summed E-state index contributed by atoms with van der Waals surface area (Å²) in [5.74, 6) is 0.980. The minimum absolute atomic E-state index is 0.127. The Morgan fingerprint density at radius 1 is 1.00 bits per heavy atom. The van der Waals surface area contributed by atoms with Crippen LogP contribution in [0.25, 0.3) is 0 Å². The molecule has 1 heterocycles. The molecule has 1 N–H and O–H groups in total. The van der Waals surface area contributed by atoms with Gasteiger partial charge < -0.3 is 15.0 Å². The molecular weight excluding hydrogens is 498 g/mol. The van der Waals surface area contributed by atoms with Crippen LogP contribution < -0.4 is 19.3 Å². The molecule has 38 heavy (non-hydrogen) atoms. The van der Waals surface area contributed by atoms with Gasteiger partial charge in [0, 0.05) is 18.8 Å². The number of hydrogen-bond donors (Lipinski definition) is 1. The van der Waals surface area contributed by atoms with E-state index in [0.717, 1.165) is 34.4 Å². The quantitative estimate of drug-likeness (QED) is 0.402. The predicted octanol–water partition coefficient (Wildman–Crippen LogP) is 5.31. The van der Waals surface area contributed by atoms with Gasteiger partial charge >= 0.3 is 0 Å². The largest absolute Gasteiger partial charge is 0.497 e. The number of carbonyl (C=O) groups is 1. The molecule has 1 aliphatic rings. The number of methoxy groups -OCH3 is 1. The number of nitrogens with zero attached hydrogens (tertiary/aromatic N) is 2. The molecule has 1 saturated heterocycles.